The zero-order valence-electron chi connectivity index (χ0n) is 11.0. The van der Waals surface area contributed by atoms with Crippen LogP contribution in [0.1, 0.15) is 46.5 Å². The number of rotatable bonds is 9. The van der Waals surface area contributed by atoms with Crippen LogP contribution in [0.2, 0.25) is 0 Å². The van der Waals surface area contributed by atoms with Gasteiger partial charge in [-0.25, -0.2) is 0 Å². The van der Waals surface area contributed by atoms with Gasteiger partial charge in [0.2, 0.25) is 5.91 Å². The molecule has 0 spiro atoms. The van der Waals surface area contributed by atoms with E-state index in [2.05, 4.69) is 17.6 Å². The number of carbonyl (C=O) groups excluding carboxylic acids is 1. The first-order chi connectivity index (χ1) is 8.02. The normalized spacial score (nSPS) is 14.1. The average Bonchev–Trinajstić information content (AvgIpc) is 2.28. The standard InChI is InChI=1S/C12H24N2O3/c1-4-6-8-13-11(15)9(3)14-10(7-5-2)12(16)17/h9-10,14H,4-8H2,1-3H3,(H,13,15)(H,16,17)/t9-,10-/m0/s1. The molecule has 0 saturated carbocycles. The van der Waals surface area contributed by atoms with E-state index in [0.29, 0.717) is 13.0 Å². The maximum Gasteiger partial charge on any atom is 0.320 e. The third-order valence-corrected chi connectivity index (χ3v) is 2.55. The van der Waals surface area contributed by atoms with Crippen molar-refractivity contribution < 1.29 is 14.7 Å². The lowest BCUT2D eigenvalue weighted by atomic mass is 10.1. The lowest BCUT2D eigenvalue weighted by molar-refractivity contribution is -0.140. The van der Waals surface area contributed by atoms with Gasteiger partial charge in [-0.2, -0.15) is 0 Å². The van der Waals surface area contributed by atoms with Crippen LogP contribution in [0, 0.1) is 0 Å². The van der Waals surface area contributed by atoms with Crippen LogP contribution < -0.4 is 10.6 Å². The number of hydrogen-bond acceptors (Lipinski definition) is 3. The second-order valence-electron chi connectivity index (χ2n) is 4.21. The largest absolute Gasteiger partial charge is 0.480 e. The summed E-state index contributed by atoms with van der Waals surface area (Å²) in [6.45, 7) is 6.30. The Hall–Kier alpha value is -1.10. The summed E-state index contributed by atoms with van der Waals surface area (Å²) in [7, 11) is 0. The van der Waals surface area contributed by atoms with Crippen LogP contribution in [-0.4, -0.2) is 35.6 Å². The van der Waals surface area contributed by atoms with Gasteiger partial charge in [0, 0.05) is 6.54 Å². The first-order valence-electron chi connectivity index (χ1n) is 6.29. The van der Waals surface area contributed by atoms with Crippen LogP contribution in [0.5, 0.6) is 0 Å². The fourth-order valence-corrected chi connectivity index (χ4v) is 1.49. The number of unbranched alkanes of at least 4 members (excludes halogenated alkanes) is 1. The lowest BCUT2D eigenvalue weighted by Gasteiger charge is -2.19. The second-order valence-corrected chi connectivity index (χ2v) is 4.21. The second kappa shape index (κ2) is 8.98. The van der Waals surface area contributed by atoms with Crippen molar-refractivity contribution in [3.05, 3.63) is 0 Å². The lowest BCUT2D eigenvalue weighted by Crippen LogP contribution is -2.49. The fraction of sp³-hybridized carbons (Fsp3) is 0.833. The monoisotopic (exact) mass is 244 g/mol. The molecule has 0 aliphatic heterocycles. The molecular formula is C12H24N2O3. The van der Waals surface area contributed by atoms with Crippen LogP contribution in [0.15, 0.2) is 0 Å². The molecule has 0 aromatic carbocycles. The van der Waals surface area contributed by atoms with E-state index in [1.54, 1.807) is 6.92 Å². The SMILES string of the molecule is CCCCNC(=O)[C@H](C)N[C@@H](CCC)C(=O)O. The van der Waals surface area contributed by atoms with Crippen molar-refractivity contribution in [3.63, 3.8) is 0 Å². The molecule has 0 aliphatic carbocycles. The quantitative estimate of drug-likeness (QED) is 0.531. The van der Waals surface area contributed by atoms with E-state index in [9.17, 15) is 9.59 Å². The number of nitrogens with one attached hydrogen (secondary N) is 2. The number of carbonyl (C=O) groups is 2. The van der Waals surface area contributed by atoms with E-state index in [1.807, 2.05) is 6.92 Å². The first-order valence-corrected chi connectivity index (χ1v) is 6.29. The molecule has 3 N–H and O–H groups in total. The Morgan fingerprint density at radius 3 is 2.35 bits per heavy atom. The maximum absolute atomic E-state index is 11.6. The Kier molecular flexibility index (Phi) is 8.40. The summed E-state index contributed by atoms with van der Waals surface area (Å²) >= 11 is 0. The highest BCUT2D eigenvalue weighted by Crippen LogP contribution is 1.99. The van der Waals surface area contributed by atoms with Gasteiger partial charge in [0.25, 0.3) is 0 Å². The van der Waals surface area contributed by atoms with Crippen LogP contribution in [0.4, 0.5) is 0 Å². The van der Waals surface area contributed by atoms with Gasteiger partial charge in [-0.1, -0.05) is 26.7 Å². The van der Waals surface area contributed by atoms with E-state index in [0.717, 1.165) is 19.3 Å². The molecule has 0 bridgehead atoms. The number of carboxylic acid groups (broad SMARTS) is 1. The highest BCUT2D eigenvalue weighted by molar-refractivity contribution is 5.82. The molecule has 0 heterocycles. The molecule has 0 aliphatic rings. The van der Waals surface area contributed by atoms with Gasteiger partial charge in [0.05, 0.1) is 6.04 Å². The smallest absolute Gasteiger partial charge is 0.320 e. The van der Waals surface area contributed by atoms with E-state index in [4.69, 9.17) is 5.11 Å². The first kappa shape index (κ1) is 15.9. The minimum atomic E-state index is -0.903. The van der Waals surface area contributed by atoms with Crippen molar-refractivity contribution in [1.29, 1.82) is 0 Å². The summed E-state index contributed by atoms with van der Waals surface area (Å²) in [6, 6.07) is -1.12. The number of carboxylic acids is 1. The number of hydrogen-bond donors (Lipinski definition) is 3. The van der Waals surface area contributed by atoms with Crippen molar-refractivity contribution >= 4 is 11.9 Å². The molecule has 0 fully saturated rings. The van der Waals surface area contributed by atoms with Crippen molar-refractivity contribution in [1.82, 2.24) is 10.6 Å². The maximum atomic E-state index is 11.6. The third kappa shape index (κ3) is 6.94. The highest BCUT2D eigenvalue weighted by atomic mass is 16.4. The third-order valence-electron chi connectivity index (χ3n) is 2.55. The van der Waals surface area contributed by atoms with Gasteiger partial charge in [0.15, 0.2) is 0 Å². The van der Waals surface area contributed by atoms with Gasteiger partial charge in [-0.3, -0.25) is 14.9 Å². The Morgan fingerprint density at radius 1 is 1.24 bits per heavy atom. The zero-order chi connectivity index (χ0) is 13.3. The van der Waals surface area contributed by atoms with E-state index < -0.39 is 18.1 Å². The summed E-state index contributed by atoms with van der Waals surface area (Å²) in [4.78, 5) is 22.5. The van der Waals surface area contributed by atoms with Gasteiger partial charge in [-0.05, 0) is 19.8 Å². The Balaban J connectivity index is 4.06. The molecule has 17 heavy (non-hydrogen) atoms. The molecule has 0 aromatic heterocycles. The van der Waals surface area contributed by atoms with Crippen LogP contribution in [0.3, 0.4) is 0 Å². The predicted molar refractivity (Wildman–Crippen MR) is 66.8 cm³/mol. The Morgan fingerprint density at radius 2 is 1.88 bits per heavy atom. The summed E-state index contributed by atoms with van der Waals surface area (Å²) in [5, 5.41) is 14.6. The fourth-order valence-electron chi connectivity index (χ4n) is 1.49. The zero-order valence-corrected chi connectivity index (χ0v) is 11.0. The molecule has 0 unspecified atom stereocenters. The molecule has 2 atom stereocenters. The minimum absolute atomic E-state index is 0.138. The topological polar surface area (TPSA) is 78.4 Å². The van der Waals surface area contributed by atoms with Gasteiger partial charge in [0.1, 0.15) is 6.04 Å². The molecular weight excluding hydrogens is 220 g/mol. The van der Waals surface area contributed by atoms with Gasteiger partial charge >= 0.3 is 5.97 Å². The summed E-state index contributed by atoms with van der Waals surface area (Å²) in [6.07, 6.45) is 3.27. The van der Waals surface area contributed by atoms with Crippen molar-refractivity contribution in [3.8, 4) is 0 Å². The van der Waals surface area contributed by atoms with Crippen LogP contribution in [-0.2, 0) is 9.59 Å². The number of amides is 1. The molecule has 1 amide bonds. The van der Waals surface area contributed by atoms with E-state index in [1.165, 1.54) is 0 Å². The number of aliphatic carboxylic acids is 1. The molecule has 5 nitrogen and oxygen atoms in total. The highest BCUT2D eigenvalue weighted by Gasteiger charge is 2.21. The Labute approximate surface area is 103 Å². The average molecular weight is 244 g/mol. The van der Waals surface area contributed by atoms with Crippen molar-refractivity contribution in [2.24, 2.45) is 0 Å². The van der Waals surface area contributed by atoms with E-state index >= 15 is 0 Å². The van der Waals surface area contributed by atoms with E-state index in [-0.39, 0.29) is 5.91 Å². The summed E-state index contributed by atoms with van der Waals surface area (Å²) < 4.78 is 0. The van der Waals surface area contributed by atoms with Gasteiger partial charge < -0.3 is 10.4 Å². The Bertz CT molecular complexity index is 244. The molecule has 0 rings (SSSR count). The molecule has 5 heteroatoms. The summed E-state index contributed by atoms with van der Waals surface area (Å²) in [5.74, 6) is -1.04. The summed E-state index contributed by atoms with van der Waals surface area (Å²) in [5.41, 5.74) is 0. The van der Waals surface area contributed by atoms with Crippen LogP contribution in [0.25, 0.3) is 0 Å². The molecule has 100 valence electrons. The molecule has 0 radical (unpaired) electrons. The predicted octanol–water partition coefficient (Wildman–Crippen LogP) is 1.13. The van der Waals surface area contributed by atoms with Gasteiger partial charge in [-0.15, -0.1) is 0 Å². The molecule has 0 saturated heterocycles. The molecule has 0 aromatic rings. The van der Waals surface area contributed by atoms with Crippen molar-refractivity contribution in [2.75, 3.05) is 6.54 Å². The van der Waals surface area contributed by atoms with Crippen LogP contribution >= 0.6 is 0 Å². The van der Waals surface area contributed by atoms with Crippen molar-refractivity contribution in [2.45, 2.75) is 58.5 Å². The minimum Gasteiger partial charge on any atom is -0.480 e.